The van der Waals surface area contributed by atoms with Crippen LogP contribution >= 0.6 is 0 Å². The van der Waals surface area contributed by atoms with Crippen molar-refractivity contribution in [3.8, 4) is 5.69 Å². The highest BCUT2D eigenvalue weighted by atomic mass is 19.1. The Balaban J connectivity index is 1.88. The van der Waals surface area contributed by atoms with E-state index in [2.05, 4.69) is 4.98 Å². The number of imidazole rings is 1. The zero-order valence-electron chi connectivity index (χ0n) is 12.1. The minimum absolute atomic E-state index is 0.0735. The number of hydrogen-bond acceptors (Lipinski definition) is 3. The molecule has 2 atom stereocenters. The quantitative estimate of drug-likeness (QED) is 0.856. The second-order valence-electron chi connectivity index (χ2n) is 5.75. The lowest BCUT2D eigenvalue weighted by atomic mass is 9.98. The summed E-state index contributed by atoms with van der Waals surface area (Å²) in [6.45, 7) is 0.559. The molecule has 116 valence electrons. The second kappa shape index (κ2) is 5.53. The van der Waals surface area contributed by atoms with Gasteiger partial charge < -0.3 is 15.4 Å². The second-order valence-corrected chi connectivity index (χ2v) is 5.75. The topological polar surface area (TPSA) is 81.1 Å². The molecular weight excluding hydrogens is 285 g/mol. The first-order valence-corrected chi connectivity index (χ1v) is 7.32. The number of carboxylic acid groups (broad SMARTS) is 1. The van der Waals surface area contributed by atoms with E-state index in [0.29, 0.717) is 24.3 Å². The maximum absolute atomic E-state index is 13.3. The fourth-order valence-corrected chi connectivity index (χ4v) is 3.06. The van der Waals surface area contributed by atoms with Gasteiger partial charge in [-0.25, -0.2) is 9.37 Å². The highest BCUT2D eigenvalue weighted by Gasteiger charge is 2.62. The van der Waals surface area contributed by atoms with Gasteiger partial charge in [-0.15, -0.1) is 0 Å². The number of nitrogens with two attached hydrogens (primary N) is 1. The number of aliphatic carboxylic acids is 1. The molecule has 0 amide bonds. The maximum atomic E-state index is 13.3. The molecule has 0 aliphatic heterocycles. The van der Waals surface area contributed by atoms with E-state index in [1.807, 2.05) is 0 Å². The Morgan fingerprint density at radius 3 is 3.05 bits per heavy atom. The molecule has 1 fully saturated rings. The third-order valence-electron chi connectivity index (χ3n) is 4.39. The molecule has 2 aromatic rings. The third kappa shape index (κ3) is 2.39. The zero-order chi connectivity index (χ0) is 15.7. The van der Waals surface area contributed by atoms with Gasteiger partial charge in [0, 0.05) is 11.9 Å². The molecule has 3 N–H and O–H groups in total. The minimum atomic E-state index is -0.909. The fourth-order valence-electron chi connectivity index (χ4n) is 3.06. The Labute approximate surface area is 127 Å². The summed E-state index contributed by atoms with van der Waals surface area (Å²) in [5, 5.41) is 9.61. The predicted molar refractivity (Wildman–Crippen MR) is 79.2 cm³/mol. The van der Waals surface area contributed by atoms with Crippen molar-refractivity contribution in [2.75, 3.05) is 6.54 Å². The molecule has 3 rings (SSSR count). The van der Waals surface area contributed by atoms with Crippen LogP contribution in [0.15, 0.2) is 36.8 Å². The normalized spacial score (nSPS) is 23.5. The summed E-state index contributed by atoms with van der Waals surface area (Å²) in [5.41, 5.74) is 5.75. The SMILES string of the molecule is NCCC[C@H]1C[C@]1(C(=O)O)c1cn(-c2cccc(F)c2)cn1. The number of carboxylic acids is 1. The molecule has 1 saturated carbocycles. The predicted octanol–water partition coefficient (Wildman–Crippen LogP) is 2.09. The summed E-state index contributed by atoms with van der Waals surface area (Å²) >= 11 is 0. The highest BCUT2D eigenvalue weighted by molar-refractivity contribution is 5.85. The Morgan fingerprint density at radius 2 is 2.36 bits per heavy atom. The number of hydrogen-bond donors (Lipinski definition) is 2. The van der Waals surface area contributed by atoms with Crippen molar-refractivity contribution in [3.05, 3.63) is 48.3 Å². The first-order valence-electron chi connectivity index (χ1n) is 7.32. The third-order valence-corrected chi connectivity index (χ3v) is 4.39. The summed E-state index contributed by atoms with van der Waals surface area (Å²) in [7, 11) is 0. The van der Waals surface area contributed by atoms with Crippen LogP contribution in [0.25, 0.3) is 5.69 Å². The van der Waals surface area contributed by atoms with Crippen LogP contribution in [-0.2, 0) is 10.2 Å². The van der Waals surface area contributed by atoms with Gasteiger partial charge in [0.25, 0.3) is 0 Å². The Hall–Kier alpha value is -2.21. The summed E-state index contributed by atoms with van der Waals surface area (Å²) in [6.07, 6.45) is 5.40. The Kier molecular flexibility index (Phi) is 3.70. The van der Waals surface area contributed by atoms with Crippen molar-refractivity contribution in [2.45, 2.75) is 24.7 Å². The molecule has 0 bridgehead atoms. The number of rotatable bonds is 6. The van der Waals surface area contributed by atoms with E-state index < -0.39 is 11.4 Å². The molecule has 0 radical (unpaired) electrons. The number of halogens is 1. The molecular formula is C16H18FN3O2. The monoisotopic (exact) mass is 303 g/mol. The smallest absolute Gasteiger partial charge is 0.316 e. The molecule has 22 heavy (non-hydrogen) atoms. The Bertz CT molecular complexity index is 700. The highest BCUT2D eigenvalue weighted by Crippen LogP contribution is 2.56. The van der Waals surface area contributed by atoms with Crippen molar-refractivity contribution < 1.29 is 14.3 Å². The van der Waals surface area contributed by atoms with E-state index >= 15 is 0 Å². The molecule has 0 unspecified atom stereocenters. The molecule has 5 nitrogen and oxygen atoms in total. The number of aromatic nitrogens is 2. The molecule has 1 aliphatic rings. The van der Waals surface area contributed by atoms with Crippen molar-refractivity contribution in [1.29, 1.82) is 0 Å². The van der Waals surface area contributed by atoms with Gasteiger partial charge in [-0.1, -0.05) is 6.07 Å². The first kappa shape index (κ1) is 14.7. The molecule has 0 saturated heterocycles. The van der Waals surface area contributed by atoms with Crippen LogP contribution in [0.5, 0.6) is 0 Å². The summed E-state index contributed by atoms with van der Waals surface area (Å²) in [4.78, 5) is 16.0. The lowest BCUT2D eigenvalue weighted by Crippen LogP contribution is -2.23. The molecule has 1 aliphatic carbocycles. The lowest BCUT2D eigenvalue weighted by Gasteiger charge is -2.09. The van der Waals surface area contributed by atoms with Crippen LogP contribution < -0.4 is 5.73 Å². The van der Waals surface area contributed by atoms with Crippen molar-refractivity contribution in [3.63, 3.8) is 0 Å². The minimum Gasteiger partial charge on any atom is -0.481 e. The van der Waals surface area contributed by atoms with Gasteiger partial charge >= 0.3 is 5.97 Å². The number of nitrogens with zero attached hydrogens (tertiary/aromatic N) is 2. The van der Waals surface area contributed by atoms with Crippen molar-refractivity contribution in [2.24, 2.45) is 11.7 Å². The van der Waals surface area contributed by atoms with Gasteiger partial charge in [0.15, 0.2) is 0 Å². The van der Waals surface area contributed by atoms with Crippen LogP contribution in [0.4, 0.5) is 4.39 Å². The largest absolute Gasteiger partial charge is 0.481 e. The van der Waals surface area contributed by atoms with Crippen molar-refractivity contribution in [1.82, 2.24) is 9.55 Å². The van der Waals surface area contributed by atoms with Crippen LogP contribution in [0.1, 0.15) is 25.0 Å². The van der Waals surface area contributed by atoms with Gasteiger partial charge in [-0.05, 0) is 49.9 Å². The van der Waals surface area contributed by atoms with Gasteiger partial charge in [-0.3, -0.25) is 4.79 Å². The summed E-state index contributed by atoms with van der Waals surface area (Å²) < 4.78 is 15.0. The molecule has 1 aromatic carbocycles. The summed E-state index contributed by atoms with van der Waals surface area (Å²) in [5.74, 6) is -1.11. The molecule has 1 aromatic heterocycles. The van der Waals surface area contributed by atoms with E-state index in [1.165, 1.54) is 18.5 Å². The van der Waals surface area contributed by atoms with E-state index in [0.717, 1.165) is 12.8 Å². The maximum Gasteiger partial charge on any atom is 0.316 e. The van der Waals surface area contributed by atoms with Crippen LogP contribution in [-0.4, -0.2) is 27.2 Å². The van der Waals surface area contributed by atoms with Crippen LogP contribution in [0.3, 0.4) is 0 Å². The zero-order valence-corrected chi connectivity index (χ0v) is 12.1. The van der Waals surface area contributed by atoms with Gasteiger partial charge in [0.1, 0.15) is 11.2 Å². The van der Waals surface area contributed by atoms with Gasteiger partial charge in [0.05, 0.1) is 12.0 Å². The average Bonchev–Trinajstić information content (AvgIpc) is 3.02. The van der Waals surface area contributed by atoms with E-state index in [-0.39, 0.29) is 11.7 Å². The van der Waals surface area contributed by atoms with Crippen molar-refractivity contribution >= 4 is 5.97 Å². The molecule has 0 spiro atoms. The lowest BCUT2D eigenvalue weighted by molar-refractivity contribution is -0.140. The average molecular weight is 303 g/mol. The molecule has 1 heterocycles. The number of benzene rings is 1. The van der Waals surface area contributed by atoms with Gasteiger partial charge in [-0.2, -0.15) is 0 Å². The Morgan fingerprint density at radius 1 is 1.55 bits per heavy atom. The summed E-state index contributed by atoms with van der Waals surface area (Å²) in [6, 6.07) is 6.11. The van der Waals surface area contributed by atoms with Gasteiger partial charge in [0.2, 0.25) is 0 Å². The van der Waals surface area contributed by atoms with E-state index in [1.54, 1.807) is 22.9 Å². The molecule has 6 heteroatoms. The number of carbonyl (C=O) groups is 1. The van der Waals surface area contributed by atoms with Crippen LogP contribution in [0.2, 0.25) is 0 Å². The standard InChI is InChI=1S/C16H18FN3O2/c17-12-4-1-5-13(7-12)20-9-14(19-10-20)16(15(21)22)8-11(16)3-2-6-18/h1,4-5,7,9-11H,2-3,6,8,18H2,(H,21,22)/t11-,16+/m0/s1. The van der Waals surface area contributed by atoms with E-state index in [9.17, 15) is 14.3 Å². The van der Waals surface area contributed by atoms with E-state index in [4.69, 9.17) is 5.73 Å². The van der Waals surface area contributed by atoms with Crippen LogP contribution in [0, 0.1) is 11.7 Å². The fraction of sp³-hybridized carbons (Fsp3) is 0.375. The first-order chi connectivity index (χ1) is 10.6.